The van der Waals surface area contributed by atoms with E-state index in [0.29, 0.717) is 22.7 Å². The fourth-order valence-electron chi connectivity index (χ4n) is 3.37. The molecule has 140 valence electrons. The summed E-state index contributed by atoms with van der Waals surface area (Å²) >= 11 is 5.30. The Labute approximate surface area is 166 Å². The molecule has 0 fully saturated rings. The van der Waals surface area contributed by atoms with E-state index in [1.165, 1.54) is 25.7 Å². The SMILES string of the molecule is CCCCCCCCC(=S)ON=C1C(=O)c2ccccc2-c2ccccc21. The van der Waals surface area contributed by atoms with Gasteiger partial charge in [-0.1, -0.05) is 92.7 Å². The first-order chi connectivity index (χ1) is 13.2. The molecule has 0 heterocycles. The lowest BCUT2D eigenvalue weighted by atomic mass is 9.83. The van der Waals surface area contributed by atoms with E-state index in [1.807, 2.05) is 48.5 Å². The summed E-state index contributed by atoms with van der Waals surface area (Å²) < 4.78 is 0. The average molecular weight is 380 g/mol. The maximum absolute atomic E-state index is 12.9. The summed E-state index contributed by atoms with van der Waals surface area (Å²) in [5.74, 6) is -0.119. The molecular weight excluding hydrogens is 354 g/mol. The molecule has 2 aromatic carbocycles. The van der Waals surface area contributed by atoms with E-state index in [2.05, 4.69) is 12.1 Å². The highest BCUT2D eigenvalue weighted by Crippen LogP contribution is 2.33. The lowest BCUT2D eigenvalue weighted by Gasteiger charge is -2.19. The molecule has 4 heteroatoms. The number of oxime groups is 1. The lowest BCUT2D eigenvalue weighted by Crippen LogP contribution is -2.23. The van der Waals surface area contributed by atoms with Crippen LogP contribution in [0.15, 0.2) is 53.7 Å². The first kappa shape index (κ1) is 19.4. The van der Waals surface area contributed by atoms with Crippen LogP contribution in [0.3, 0.4) is 0 Å². The quantitative estimate of drug-likeness (QED) is 0.305. The third-order valence-electron chi connectivity index (χ3n) is 4.83. The number of carbonyl (C=O) groups is 1. The van der Waals surface area contributed by atoms with E-state index in [9.17, 15) is 4.79 Å². The second kappa shape index (κ2) is 9.56. The Morgan fingerprint density at radius 1 is 0.852 bits per heavy atom. The molecule has 1 aliphatic rings. The van der Waals surface area contributed by atoms with Crippen LogP contribution < -0.4 is 0 Å². The van der Waals surface area contributed by atoms with Crippen molar-refractivity contribution in [3.8, 4) is 11.1 Å². The van der Waals surface area contributed by atoms with Gasteiger partial charge in [-0.3, -0.25) is 4.79 Å². The number of hydrogen-bond donors (Lipinski definition) is 0. The highest BCUT2D eigenvalue weighted by molar-refractivity contribution is 7.80. The Kier molecular flexibility index (Phi) is 6.88. The minimum Gasteiger partial charge on any atom is -0.349 e. The summed E-state index contributed by atoms with van der Waals surface area (Å²) in [5.41, 5.74) is 3.71. The van der Waals surface area contributed by atoms with Gasteiger partial charge in [0.05, 0.1) is 0 Å². The molecule has 0 saturated heterocycles. The van der Waals surface area contributed by atoms with E-state index in [-0.39, 0.29) is 5.78 Å². The monoisotopic (exact) mass is 379 g/mol. The predicted octanol–water partition coefficient (Wildman–Crippen LogP) is 6.35. The Morgan fingerprint density at radius 3 is 2.11 bits per heavy atom. The maximum atomic E-state index is 12.9. The zero-order valence-electron chi connectivity index (χ0n) is 15.7. The number of thiocarbonyl (C=S) groups is 1. The normalized spacial score (nSPS) is 14.0. The largest absolute Gasteiger partial charge is 0.349 e. The third-order valence-corrected chi connectivity index (χ3v) is 5.11. The van der Waals surface area contributed by atoms with Crippen molar-refractivity contribution in [2.24, 2.45) is 5.16 Å². The number of nitrogens with zero attached hydrogens (tertiary/aromatic N) is 1. The summed E-state index contributed by atoms with van der Waals surface area (Å²) in [6.07, 6.45) is 7.89. The third kappa shape index (κ3) is 4.69. The van der Waals surface area contributed by atoms with Crippen LogP contribution in [0.25, 0.3) is 11.1 Å². The molecule has 0 spiro atoms. The first-order valence-corrected chi connectivity index (χ1v) is 10.1. The van der Waals surface area contributed by atoms with Crippen LogP contribution in [0.1, 0.15) is 67.8 Å². The fourth-order valence-corrected chi connectivity index (χ4v) is 3.55. The molecular formula is C23H25NO2S. The Hall–Kier alpha value is -2.33. The van der Waals surface area contributed by atoms with E-state index in [0.717, 1.165) is 29.5 Å². The van der Waals surface area contributed by atoms with Gasteiger partial charge in [0.15, 0.2) is 10.8 Å². The second-order valence-electron chi connectivity index (χ2n) is 6.84. The van der Waals surface area contributed by atoms with Crippen molar-refractivity contribution in [2.75, 3.05) is 0 Å². The first-order valence-electron chi connectivity index (χ1n) is 9.73. The molecule has 2 aromatic rings. The van der Waals surface area contributed by atoms with Gasteiger partial charge in [0.25, 0.3) is 0 Å². The predicted molar refractivity (Wildman–Crippen MR) is 114 cm³/mol. The number of carbonyl (C=O) groups excluding carboxylic acids is 1. The van der Waals surface area contributed by atoms with Gasteiger partial charge < -0.3 is 4.84 Å². The van der Waals surface area contributed by atoms with Crippen LogP contribution in [-0.2, 0) is 4.84 Å². The van der Waals surface area contributed by atoms with Crippen LogP contribution in [-0.4, -0.2) is 16.5 Å². The zero-order valence-corrected chi connectivity index (χ0v) is 16.6. The number of Topliss-reactive ketones (excluding diaryl/α,β-unsaturated/α-hetero) is 1. The smallest absolute Gasteiger partial charge is 0.216 e. The minimum absolute atomic E-state index is 0.119. The van der Waals surface area contributed by atoms with Crippen LogP contribution in [0, 0.1) is 0 Å². The summed E-state index contributed by atoms with van der Waals surface area (Å²) in [6, 6.07) is 15.4. The van der Waals surface area contributed by atoms with E-state index < -0.39 is 0 Å². The topological polar surface area (TPSA) is 38.7 Å². The van der Waals surface area contributed by atoms with E-state index in [1.54, 1.807) is 0 Å². The van der Waals surface area contributed by atoms with Gasteiger partial charge in [-0.15, -0.1) is 0 Å². The molecule has 0 aromatic heterocycles. The maximum Gasteiger partial charge on any atom is 0.216 e. The van der Waals surface area contributed by atoms with Crippen molar-refractivity contribution in [1.29, 1.82) is 0 Å². The van der Waals surface area contributed by atoms with Crippen molar-refractivity contribution in [3.05, 3.63) is 59.7 Å². The number of unbranched alkanes of at least 4 members (excludes halogenated alkanes) is 5. The molecule has 0 saturated carbocycles. The van der Waals surface area contributed by atoms with Crippen molar-refractivity contribution < 1.29 is 9.63 Å². The van der Waals surface area contributed by atoms with Crippen molar-refractivity contribution in [3.63, 3.8) is 0 Å². The number of hydrogen-bond acceptors (Lipinski definition) is 4. The zero-order chi connectivity index (χ0) is 19.1. The summed E-state index contributed by atoms with van der Waals surface area (Å²) in [4.78, 5) is 18.3. The van der Waals surface area contributed by atoms with Gasteiger partial charge in [0.1, 0.15) is 0 Å². The van der Waals surface area contributed by atoms with Crippen LogP contribution >= 0.6 is 12.2 Å². The van der Waals surface area contributed by atoms with Crippen molar-refractivity contribution >= 4 is 28.8 Å². The Balaban J connectivity index is 1.68. The number of ketones is 1. The standard InChI is InChI=1S/C23H25NO2S/c1-2-3-4-5-6-7-16-21(27)26-24-22-19-14-10-8-12-17(19)18-13-9-11-15-20(18)23(22)25/h8-15H,2-7,16H2,1H3. The van der Waals surface area contributed by atoms with Crippen molar-refractivity contribution in [1.82, 2.24) is 0 Å². The summed E-state index contributed by atoms with van der Waals surface area (Å²) in [6.45, 7) is 2.21. The Bertz CT molecular complexity index is 857. The molecule has 0 aliphatic heterocycles. The average Bonchev–Trinajstić information content (AvgIpc) is 2.70. The number of benzene rings is 2. The highest BCUT2D eigenvalue weighted by Gasteiger charge is 2.28. The summed E-state index contributed by atoms with van der Waals surface area (Å²) in [5, 5.41) is 4.61. The van der Waals surface area contributed by atoms with Crippen molar-refractivity contribution in [2.45, 2.75) is 51.9 Å². The lowest BCUT2D eigenvalue weighted by molar-refractivity contribution is 0.106. The molecule has 0 radical (unpaired) electrons. The molecule has 0 amide bonds. The van der Waals surface area contributed by atoms with Gasteiger partial charge >= 0.3 is 0 Å². The highest BCUT2D eigenvalue weighted by atomic mass is 32.1. The number of fused-ring (bicyclic) bond motifs is 3. The fraction of sp³-hybridized carbons (Fsp3) is 0.348. The van der Waals surface area contributed by atoms with Gasteiger partial charge in [-0.25, -0.2) is 0 Å². The molecule has 27 heavy (non-hydrogen) atoms. The van der Waals surface area contributed by atoms with Gasteiger partial charge in [0.2, 0.25) is 5.78 Å². The Morgan fingerprint density at radius 2 is 1.41 bits per heavy atom. The van der Waals surface area contributed by atoms with E-state index >= 15 is 0 Å². The summed E-state index contributed by atoms with van der Waals surface area (Å²) in [7, 11) is 0. The molecule has 3 rings (SSSR count). The number of rotatable bonds is 8. The second-order valence-corrected chi connectivity index (χ2v) is 7.30. The molecule has 0 atom stereocenters. The molecule has 3 nitrogen and oxygen atoms in total. The van der Waals surface area contributed by atoms with Gasteiger partial charge in [0, 0.05) is 17.5 Å². The molecule has 0 bridgehead atoms. The minimum atomic E-state index is -0.119. The van der Waals surface area contributed by atoms with Crippen LogP contribution in [0.4, 0.5) is 0 Å². The van der Waals surface area contributed by atoms with Gasteiger partial charge in [-0.05, 0) is 29.8 Å². The molecule has 0 unspecified atom stereocenters. The van der Waals surface area contributed by atoms with Gasteiger partial charge in [-0.2, -0.15) is 0 Å². The van der Waals surface area contributed by atoms with Crippen LogP contribution in [0.2, 0.25) is 0 Å². The molecule has 1 aliphatic carbocycles. The van der Waals surface area contributed by atoms with Crippen LogP contribution in [0.5, 0.6) is 0 Å². The molecule has 0 N–H and O–H groups in total. The van der Waals surface area contributed by atoms with E-state index in [4.69, 9.17) is 17.1 Å².